The molecule has 0 fully saturated rings. The predicted molar refractivity (Wildman–Crippen MR) is 105 cm³/mol. The lowest BCUT2D eigenvalue weighted by Crippen LogP contribution is -2.38. The van der Waals surface area contributed by atoms with Gasteiger partial charge >= 0.3 is 0 Å². The van der Waals surface area contributed by atoms with Crippen molar-refractivity contribution in [2.45, 2.75) is 19.9 Å². The maximum atomic E-state index is 5.77. The monoisotopic (exact) mass is 445 g/mol. The van der Waals surface area contributed by atoms with Crippen molar-refractivity contribution >= 4 is 41.5 Å². The van der Waals surface area contributed by atoms with E-state index in [1.165, 1.54) is 0 Å². The Bertz CT molecular complexity index is 589. The topological polar surface area (TPSA) is 62.2 Å². The second kappa shape index (κ2) is 11.2. The number of aromatic nitrogens is 2. The molecule has 124 valence electrons. The van der Waals surface area contributed by atoms with Gasteiger partial charge in [-0.05, 0) is 30.7 Å². The fourth-order valence-corrected chi connectivity index (χ4v) is 1.98. The molecule has 5 nitrogen and oxygen atoms in total. The molecule has 0 saturated carbocycles. The van der Waals surface area contributed by atoms with Gasteiger partial charge in [0.1, 0.15) is 5.15 Å². The molecule has 0 amide bonds. The Kier molecular flexibility index (Phi) is 9.54. The summed E-state index contributed by atoms with van der Waals surface area (Å²) in [5, 5.41) is 7.02. The van der Waals surface area contributed by atoms with Crippen molar-refractivity contribution in [1.29, 1.82) is 0 Å². The highest BCUT2D eigenvalue weighted by Crippen LogP contribution is 2.06. The Morgan fingerprint density at radius 1 is 1.17 bits per heavy atom. The molecule has 0 unspecified atom stereocenters. The van der Waals surface area contributed by atoms with Crippen LogP contribution in [0, 0.1) is 0 Å². The Morgan fingerprint density at radius 2 is 2.04 bits per heavy atom. The molecule has 7 heteroatoms. The van der Waals surface area contributed by atoms with Crippen LogP contribution in [0.5, 0.6) is 0 Å². The molecule has 0 atom stereocenters. The summed E-state index contributed by atoms with van der Waals surface area (Å²) in [4.78, 5) is 12.9. The minimum Gasteiger partial charge on any atom is -0.357 e. The summed E-state index contributed by atoms with van der Waals surface area (Å²) in [5.41, 5.74) is 2.08. The van der Waals surface area contributed by atoms with Gasteiger partial charge in [0.15, 0.2) is 5.96 Å². The number of hydrogen-bond acceptors (Lipinski definition) is 3. The number of aliphatic imine (C=N–C) groups is 1. The zero-order valence-corrected chi connectivity index (χ0v) is 16.1. The standard InChI is InChI=1S/C16H20ClN5.HI/c1-2-18-16(20-10-8-14-5-3-4-9-19-14)22-12-13-6-7-15(17)21-11-13;/h3-7,9,11H,2,8,10,12H2,1H3,(H2,18,20,22);1H. The van der Waals surface area contributed by atoms with Crippen molar-refractivity contribution in [3.8, 4) is 0 Å². The largest absolute Gasteiger partial charge is 0.357 e. The minimum absolute atomic E-state index is 0. The maximum Gasteiger partial charge on any atom is 0.191 e. The fraction of sp³-hybridized carbons (Fsp3) is 0.312. The van der Waals surface area contributed by atoms with Crippen molar-refractivity contribution < 1.29 is 0 Å². The molecule has 0 aliphatic carbocycles. The number of nitrogens with one attached hydrogen (secondary N) is 2. The first kappa shape index (κ1) is 19.6. The van der Waals surface area contributed by atoms with Crippen molar-refractivity contribution in [3.05, 3.63) is 59.1 Å². The molecule has 0 aliphatic heterocycles. The Balaban J connectivity index is 0.00000264. The molecular formula is C16H21ClIN5. The lowest BCUT2D eigenvalue weighted by atomic mass is 10.3. The van der Waals surface area contributed by atoms with Crippen LogP contribution >= 0.6 is 35.6 Å². The maximum absolute atomic E-state index is 5.77. The third-order valence-corrected chi connectivity index (χ3v) is 3.18. The molecule has 2 rings (SSSR count). The van der Waals surface area contributed by atoms with E-state index in [4.69, 9.17) is 11.6 Å². The highest BCUT2D eigenvalue weighted by molar-refractivity contribution is 14.0. The molecule has 2 aromatic rings. The lowest BCUT2D eigenvalue weighted by Gasteiger charge is -2.11. The molecule has 0 radical (unpaired) electrons. The van der Waals surface area contributed by atoms with E-state index < -0.39 is 0 Å². The number of rotatable bonds is 6. The first-order valence-electron chi connectivity index (χ1n) is 7.30. The van der Waals surface area contributed by atoms with Crippen molar-refractivity contribution in [2.24, 2.45) is 4.99 Å². The fourth-order valence-electron chi connectivity index (χ4n) is 1.87. The predicted octanol–water partition coefficient (Wildman–Crippen LogP) is 3.05. The number of nitrogens with zero attached hydrogens (tertiary/aromatic N) is 3. The molecule has 0 aromatic carbocycles. The Labute approximate surface area is 159 Å². The van der Waals surface area contributed by atoms with Gasteiger partial charge in [-0.2, -0.15) is 0 Å². The summed E-state index contributed by atoms with van der Waals surface area (Å²) in [6.45, 7) is 4.19. The summed E-state index contributed by atoms with van der Waals surface area (Å²) in [6, 6.07) is 9.63. The number of hydrogen-bond donors (Lipinski definition) is 2. The van der Waals surface area contributed by atoms with E-state index in [0.29, 0.717) is 11.7 Å². The molecule has 23 heavy (non-hydrogen) atoms. The van der Waals surface area contributed by atoms with Crippen LogP contribution in [0.4, 0.5) is 0 Å². The van der Waals surface area contributed by atoms with Crippen LogP contribution in [0.15, 0.2) is 47.7 Å². The van der Waals surface area contributed by atoms with Crippen LogP contribution in [0.1, 0.15) is 18.2 Å². The zero-order chi connectivity index (χ0) is 15.6. The average Bonchev–Trinajstić information content (AvgIpc) is 2.55. The van der Waals surface area contributed by atoms with E-state index >= 15 is 0 Å². The van der Waals surface area contributed by atoms with E-state index in [2.05, 4.69) is 25.6 Å². The summed E-state index contributed by atoms with van der Waals surface area (Å²) >= 11 is 5.77. The van der Waals surface area contributed by atoms with Crippen molar-refractivity contribution in [3.63, 3.8) is 0 Å². The highest BCUT2D eigenvalue weighted by Gasteiger charge is 1.99. The summed E-state index contributed by atoms with van der Waals surface area (Å²) in [7, 11) is 0. The van der Waals surface area contributed by atoms with Crippen molar-refractivity contribution in [2.75, 3.05) is 13.1 Å². The van der Waals surface area contributed by atoms with E-state index in [-0.39, 0.29) is 24.0 Å². The Hall–Kier alpha value is -1.41. The second-order valence-corrected chi connectivity index (χ2v) is 5.07. The van der Waals surface area contributed by atoms with E-state index in [1.54, 1.807) is 12.3 Å². The highest BCUT2D eigenvalue weighted by atomic mass is 127. The first-order chi connectivity index (χ1) is 10.8. The van der Waals surface area contributed by atoms with Gasteiger partial charge in [-0.3, -0.25) is 4.98 Å². The Morgan fingerprint density at radius 3 is 2.70 bits per heavy atom. The SMILES string of the molecule is CCNC(=NCc1ccc(Cl)nc1)NCCc1ccccn1.I. The molecule has 0 bridgehead atoms. The summed E-state index contributed by atoms with van der Waals surface area (Å²) in [6.07, 6.45) is 4.40. The van der Waals surface area contributed by atoms with Crippen LogP contribution in [0.3, 0.4) is 0 Å². The zero-order valence-electron chi connectivity index (χ0n) is 13.0. The van der Waals surface area contributed by atoms with Gasteiger partial charge in [0.25, 0.3) is 0 Å². The summed E-state index contributed by atoms with van der Waals surface area (Å²) < 4.78 is 0. The van der Waals surface area contributed by atoms with Crippen LogP contribution in [-0.4, -0.2) is 29.0 Å². The van der Waals surface area contributed by atoms with Crippen LogP contribution in [0.25, 0.3) is 0 Å². The normalized spacial score (nSPS) is 10.8. The molecule has 2 aromatic heterocycles. The van der Waals surface area contributed by atoms with Gasteiger partial charge in [-0.1, -0.05) is 23.7 Å². The molecule has 0 spiro atoms. The number of halogens is 2. The van der Waals surface area contributed by atoms with Gasteiger partial charge < -0.3 is 10.6 Å². The van der Waals surface area contributed by atoms with Gasteiger partial charge in [0.05, 0.1) is 6.54 Å². The number of guanidine groups is 1. The molecule has 0 saturated heterocycles. The van der Waals surface area contributed by atoms with Crippen molar-refractivity contribution in [1.82, 2.24) is 20.6 Å². The van der Waals surface area contributed by atoms with Gasteiger partial charge in [0.2, 0.25) is 0 Å². The second-order valence-electron chi connectivity index (χ2n) is 4.68. The molecule has 2 N–H and O–H groups in total. The third-order valence-electron chi connectivity index (χ3n) is 2.95. The molecule has 0 aliphatic rings. The van der Waals surface area contributed by atoms with Crippen LogP contribution < -0.4 is 10.6 Å². The van der Waals surface area contributed by atoms with E-state index in [0.717, 1.165) is 36.7 Å². The molecule has 2 heterocycles. The van der Waals surface area contributed by atoms with Gasteiger partial charge in [-0.15, -0.1) is 24.0 Å². The lowest BCUT2D eigenvalue weighted by molar-refractivity contribution is 0.788. The van der Waals surface area contributed by atoms with E-state index in [9.17, 15) is 0 Å². The van der Waals surface area contributed by atoms with Crippen LogP contribution in [0.2, 0.25) is 5.15 Å². The smallest absolute Gasteiger partial charge is 0.191 e. The summed E-state index contributed by atoms with van der Waals surface area (Å²) in [5.74, 6) is 0.786. The first-order valence-corrected chi connectivity index (χ1v) is 7.68. The van der Waals surface area contributed by atoms with Crippen LogP contribution in [-0.2, 0) is 13.0 Å². The van der Waals surface area contributed by atoms with Gasteiger partial charge in [0, 0.05) is 37.6 Å². The van der Waals surface area contributed by atoms with Gasteiger partial charge in [-0.25, -0.2) is 9.98 Å². The quantitative estimate of drug-likeness (QED) is 0.310. The minimum atomic E-state index is 0. The average molecular weight is 446 g/mol. The number of pyridine rings is 2. The third kappa shape index (κ3) is 7.60. The molecular weight excluding hydrogens is 425 g/mol. The van der Waals surface area contributed by atoms with E-state index in [1.807, 2.05) is 37.4 Å².